The molecule has 2 saturated heterocycles. The van der Waals surface area contributed by atoms with Crippen LogP contribution in [0.4, 0.5) is 11.4 Å². The van der Waals surface area contributed by atoms with Crippen molar-refractivity contribution in [2.45, 2.75) is 18.5 Å². The maximum Gasteiger partial charge on any atom is 0.269 e. The van der Waals surface area contributed by atoms with Gasteiger partial charge in [0, 0.05) is 43.0 Å². The summed E-state index contributed by atoms with van der Waals surface area (Å²) in [4.78, 5) is 12.5. The lowest BCUT2D eigenvalue weighted by Crippen LogP contribution is -2.43. The van der Waals surface area contributed by atoms with Gasteiger partial charge < -0.3 is 10.2 Å². The summed E-state index contributed by atoms with van der Waals surface area (Å²) in [5.74, 6) is 0. The van der Waals surface area contributed by atoms with Gasteiger partial charge in [0.1, 0.15) is 0 Å². The quantitative estimate of drug-likeness (QED) is 0.598. The van der Waals surface area contributed by atoms with E-state index in [-0.39, 0.29) is 10.6 Å². The number of nitro groups is 1. The summed E-state index contributed by atoms with van der Waals surface area (Å²) in [6.07, 6.45) is 1.19. The number of benzene rings is 1. The predicted octanol–water partition coefficient (Wildman–Crippen LogP) is 1.15. The number of fused-ring (bicyclic) bond motifs is 2. The standard InChI is InChI=1S/C11H13N3O2/c15-14(16)10-3-1-9(2-4-10)13-7-8-5-11(13)6-12-8/h1-4,8,11-12H,5-7H2/t8-,11-/m1/s1. The van der Waals surface area contributed by atoms with Crippen molar-refractivity contribution in [1.29, 1.82) is 0 Å². The molecule has 1 aromatic rings. The van der Waals surface area contributed by atoms with Crippen LogP contribution in [0.1, 0.15) is 6.42 Å². The Bertz CT molecular complexity index is 418. The normalized spacial score (nSPS) is 27.4. The van der Waals surface area contributed by atoms with Gasteiger partial charge >= 0.3 is 0 Å². The van der Waals surface area contributed by atoms with Gasteiger partial charge in [-0.15, -0.1) is 0 Å². The highest BCUT2D eigenvalue weighted by Crippen LogP contribution is 2.30. The number of piperazine rings is 1. The lowest BCUT2D eigenvalue weighted by molar-refractivity contribution is -0.384. The monoisotopic (exact) mass is 219 g/mol. The highest BCUT2D eigenvalue weighted by Gasteiger charge is 2.37. The molecule has 0 spiro atoms. The topological polar surface area (TPSA) is 58.4 Å². The van der Waals surface area contributed by atoms with Crippen LogP contribution in [0.2, 0.25) is 0 Å². The molecule has 2 atom stereocenters. The molecule has 2 aliphatic heterocycles. The van der Waals surface area contributed by atoms with E-state index in [1.165, 1.54) is 6.42 Å². The molecule has 0 amide bonds. The minimum absolute atomic E-state index is 0.159. The summed E-state index contributed by atoms with van der Waals surface area (Å²) in [7, 11) is 0. The second-order valence-electron chi connectivity index (χ2n) is 4.42. The van der Waals surface area contributed by atoms with Crippen molar-refractivity contribution < 1.29 is 4.92 Å². The predicted molar refractivity (Wildman–Crippen MR) is 60.6 cm³/mol. The highest BCUT2D eigenvalue weighted by atomic mass is 16.6. The van der Waals surface area contributed by atoms with Crippen LogP contribution in [-0.2, 0) is 0 Å². The fraction of sp³-hybridized carbons (Fsp3) is 0.455. The molecule has 0 saturated carbocycles. The van der Waals surface area contributed by atoms with Crippen LogP contribution in [0.5, 0.6) is 0 Å². The van der Waals surface area contributed by atoms with Crippen LogP contribution < -0.4 is 10.2 Å². The Balaban J connectivity index is 1.82. The summed E-state index contributed by atoms with van der Waals surface area (Å²) in [5, 5.41) is 14.0. The smallest absolute Gasteiger partial charge is 0.269 e. The van der Waals surface area contributed by atoms with Crippen LogP contribution in [0.15, 0.2) is 24.3 Å². The molecule has 84 valence electrons. The van der Waals surface area contributed by atoms with Crippen LogP contribution in [0.25, 0.3) is 0 Å². The molecule has 2 aliphatic rings. The van der Waals surface area contributed by atoms with E-state index < -0.39 is 0 Å². The van der Waals surface area contributed by atoms with Crippen molar-refractivity contribution in [2.24, 2.45) is 0 Å². The second-order valence-corrected chi connectivity index (χ2v) is 4.42. The zero-order chi connectivity index (χ0) is 11.1. The molecule has 3 rings (SSSR count). The molecular weight excluding hydrogens is 206 g/mol. The fourth-order valence-corrected chi connectivity index (χ4v) is 2.64. The van der Waals surface area contributed by atoms with Gasteiger partial charge in [-0.05, 0) is 18.6 Å². The molecule has 1 aromatic carbocycles. The van der Waals surface area contributed by atoms with E-state index in [0.717, 1.165) is 18.8 Å². The average Bonchev–Trinajstić information content (AvgIpc) is 2.91. The number of nitrogens with one attached hydrogen (secondary N) is 1. The van der Waals surface area contributed by atoms with E-state index in [0.29, 0.717) is 12.1 Å². The van der Waals surface area contributed by atoms with E-state index >= 15 is 0 Å². The molecule has 0 aliphatic carbocycles. The molecule has 0 unspecified atom stereocenters. The van der Waals surface area contributed by atoms with Crippen LogP contribution in [0, 0.1) is 10.1 Å². The van der Waals surface area contributed by atoms with E-state index in [1.54, 1.807) is 12.1 Å². The molecule has 0 radical (unpaired) electrons. The number of non-ortho nitro benzene ring substituents is 1. The van der Waals surface area contributed by atoms with E-state index in [9.17, 15) is 10.1 Å². The van der Waals surface area contributed by atoms with Gasteiger partial charge in [0.25, 0.3) is 5.69 Å². The van der Waals surface area contributed by atoms with Crippen molar-refractivity contribution in [2.75, 3.05) is 18.0 Å². The first-order valence-corrected chi connectivity index (χ1v) is 5.48. The Kier molecular flexibility index (Phi) is 2.07. The molecule has 2 fully saturated rings. The first-order valence-electron chi connectivity index (χ1n) is 5.48. The maximum atomic E-state index is 10.5. The van der Waals surface area contributed by atoms with E-state index in [4.69, 9.17) is 0 Å². The largest absolute Gasteiger partial charge is 0.366 e. The van der Waals surface area contributed by atoms with E-state index in [2.05, 4.69) is 10.2 Å². The Labute approximate surface area is 93.2 Å². The zero-order valence-corrected chi connectivity index (χ0v) is 8.80. The first-order chi connectivity index (χ1) is 7.74. The maximum absolute atomic E-state index is 10.5. The molecule has 5 nitrogen and oxygen atoms in total. The van der Waals surface area contributed by atoms with Gasteiger partial charge in [-0.1, -0.05) is 0 Å². The lowest BCUT2D eigenvalue weighted by atomic mass is 10.2. The van der Waals surface area contributed by atoms with Gasteiger partial charge in [0.2, 0.25) is 0 Å². The van der Waals surface area contributed by atoms with Crippen molar-refractivity contribution in [3.05, 3.63) is 34.4 Å². The minimum atomic E-state index is -0.360. The van der Waals surface area contributed by atoms with Crippen molar-refractivity contribution in [1.82, 2.24) is 5.32 Å². The Morgan fingerprint density at radius 3 is 2.62 bits per heavy atom. The van der Waals surface area contributed by atoms with Crippen molar-refractivity contribution in [3.8, 4) is 0 Å². The van der Waals surface area contributed by atoms with Gasteiger partial charge in [0.15, 0.2) is 0 Å². The van der Waals surface area contributed by atoms with Crippen molar-refractivity contribution in [3.63, 3.8) is 0 Å². The van der Waals surface area contributed by atoms with Gasteiger partial charge in [0.05, 0.1) is 4.92 Å². The molecule has 2 bridgehead atoms. The average molecular weight is 219 g/mol. The van der Waals surface area contributed by atoms with E-state index in [1.807, 2.05) is 12.1 Å². The third-order valence-corrected chi connectivity index (χ3v) is 3.45. The third kappa shape index (κ3) is 1.44. The molecule has 1 N–H and O–H groups in total. The fourth-order valence-electron chi connectivity index (χ4n) is 2.64. The lowest BCUT2D eigenvalue weighted by Gasteiger charge is -2.29. The van der Waals surface area contributed by atoms with Gasteiger partial charge in [-0.25, -0.2) is 0 Å². The SMILES string of the molecule is O=[N+]([O-])c1ccc(N2C[C@H]3C[C@@H]2CN3)cc1. The van der Waals surface area contributed by atoms with Crippen LogP contribution in [0.3, 0.4) is 0 Å². The number of nitro benzene ring substituents is 1. The summed E-state index contributed by atoms with van der Waals surface area (Å²) >= 11 is 0. The number of anilines is 1. The molecule has 5 heteroatoms. The summed E-state index contributed by atoms with van der Waals surface area (Å²) in [6.45, 7) is 2.05. The number of nitrogens with zero attached hydrogens (tertiary/aromatic N) is 2. The number of hydrogen-bond donors (Lipinski definition) is 1. The summed E-state index contributed by atoms with van der Waals surface area (Å²) in [5.41, 5.74) is 1.26. The third-order valence-electron chi connectivity index (χ3n) is 3.45. The molecular formula is C11H13N3O2. The summed E-state index contributed by atoms with van der Waals surface area (Å²) < 4.78 is 0. The van der Waals surface area contributed by atoms with Gasteiger partial charge in [-0.3, -0.25) is 10.1 Å². The number of hydrogen-bond acceptors (Lipinski definition) is 4. The molecule has 2 heterocycles. The summed E-state index contributed by atoms with van der Waals surface area (Å²) in [6, 6.07) is 8.01. The molecule has 16 heavy (non-hydrogen) atoms. The number of rotatable bonds is 2. The Morgan fingerprint density at radius 1 is 1.38 bits per heavy atom. The van der Waals surface area contributed by atoms with Crippen LogP contribution >= 0.6 is 0 Å². The Hall–Kier alpha value is -1.62. The highest BCUT2D eigenvalue weighted by molar-refractivity contribution is 5.53. The molecule has 0 aromatic heterocycles. The Morgan fingerprint density at radius 2 is 2.12 bits per heavy atom. The first kappa shape index (κ1) is 9.59. The second kappa shape index (κ2) is 3.45. The zero-order valence-electron chi connectivity index (χ0n) is 8.80. The van der Waals surface area contributed by atoms with Crippen molar-refractivity contribution >= 4 is 11.4 Å². The van der Waals surface area contributed by atoms with Gasteiger partial charge in [-0.2, -0.15) is 0 Å². The van der Waals surface area contributed by atoms with Crippen LogP contribution in [-0.4, -0.2) is 30.1 Å². The minimum Gasteiger partial charge on any atom is -0.366 e.